The number of hydrogen-bond acceptors (Lipinski definition) is 3. The van der Waals surface area contributed by atoms with Crippen LogP contribution in [0.3, 0.4) is 0 Å². The summed E-state index contributed by atoms with van der Waals surface area (Å²) in [7, 11) is 0. The van der Waals surface area contributed by atoms with Crippen LogP contribution in [0.4, 0.5) is 11.4 Å². The molecule has 0 aliphatic carbocycles. The number of nitrogen functional groups attached to an aromatic ring is 1. The van der Waals surface area contributed by atoms with Gasteiger partial charge in [0.15, 0.2) is 0 Å². The summed E-state index contributed by atoms with van der Waals surface area (Å²) in [5.74, 6) is 0.828. The lowest BCUT2D eigenvalue weighted by atomic mass is 10.1. The van der Waals surface area contributed by atoms with Crippen molar-refractivity contribution in [2.75, 3.05) is 23.7 Å². The Morgan fingerprint density at radius 3 is 2.05 bits per heavy atom. The first-order valence-electron chi connectivity index (χ1n) is 7.75. The summed E-state index contributed by atoms with van der Waals surface area (Å²) in [6.45, 7) is 10.8. The Bertz CT molecular complexity index is 457. The van der Waals surface area contributed by atoms with Gasteiger partial charge in [-0.05, 0) is 42.9 Å². The van der Waals surface area contributed by atoms with Gasteiger partial charge < -0.3 is 16.4 Å². The Morgan fingerprint density at radius 1 is 1.10 bits per heavy atom. The average molecular weight is 291 g/mol. The molecule has 1 rings (SSSR count). The second-order valence-electron chi connectivity index (χ2n) is 6.49. The topological polar surface area (TPSA) is 72.3 Å². The molecule has 0 heterocycles. The standard InChI is InChI=1S/C17H29N3O/c1-12(2)7-9-20(10-8-13(3)4)14-5-6-16(18)15(11-14)17(19)21/h5-6,11-13H,7-10,18H2,1-4H3,(H2,19,21). The largest absolute Gasteiger partial charge is 0.398 e. The number of benzene rings is 1. The van der Waals surface area contributed by atoms with Crippen molar-refractivity contribution in [3.05, 3.63) is 23.8 Å². The number of nitrogens with two attached hydrogens (primary N) is 2. The lowest BCUT2D eigenvalue weighted by molar-refractivity contribution is 0.100. The van der Waals surface area contributed by atoms with Crippen molar-refractivity contribution in [2.45, 2.75) is 40.5 Å². The van der Waals surface area contributed by atoms with Crippen LogP contribution >= 0.6 is 0 Å². The first kappa shape index (κ1) is 17.3. The van der Waals surface area contributed by atoms with E-state index in [1.165, 1.54) is 0 Å². The highest BCUT2D eigenvalue weighted by molar-refractivity contribution is 5.99. The minimum Gasteiger partial charge on any atom is -0.398 e. The summed E-state index contributed by atoms with van der Waals surface area (Å²) in [6, 6.07) is 5.56. The van der Waals surface area contributed by atoms with Gasteiger partial charge in [-0.2, -0.15) is 0 Å². The van der Waals surface area contributed by atoms with Gasteiger partial charge in [0.2, 0.25) is 0 Å². The molecule has 4 N–H and O–H groups in total. The van der Waals surface area contributed by atoms with Crippen molar-refractivity contribution < 1.29 is 4.79 Å². The van der Waals surface area contributed by atoms with Gasteiger partial charge in [0.05, 0.1) is 5.56 Å². The van der Waals surface area contributed by atoms with Gasteiger partial charge in [-0.15, -0.1) is 0 Å². The molecule has 4 heteroatoms. The van der Waals surface area contributed by atoms with Gasteiger partial charge in [-0.3, -0.25) is 4.79 Å². The maximum absolute atomic E-state index is 11.5. The fourth-order valence-electron chi connectivity index (χ4n) is 2.15. The molecule has 0 unspecified atom stereocenters. The highest BCUT2D eigenvalue weighted by Gasteiger charge is 2.12. The van der Waals surface area contributed by atoms with Crippen molar-refractivity contribution in [1.29, 1.82) is 0 Å². The molecule has 0 saturated carbocycles. The smallest absolute Gasteiger partial charge is 0.250 e. The molecular weight excluding hydrogens is 262 g/mol. The normalized spacial score (nSPS) is 11.1. The second kappa shape index (κ2) is 7.91. The highest BCUT2D eigenvalue weighted by Crippen LogP contribution is 2.23. The Balaban J connectivity index is 2.95. The fraction of sp³-hybridized carbons (Fsp3) is 0.588. The molecule has 1 amide bonds. The van der Waals surface area contributed by atoms with Crippen molar-refractivity contribution in [3.63, 3.8) is 0 Å². The van der Waals surface area contributed by atoms with E-state index < -0.39 is 5.91 Å². The Morgan fingerprint density at radius 2 is 1.62 bits per heavy atom. The molecule has 0 saturated heterocycles. The van der Waals surface area contributed by atoms with Crippen LogP contribution in [0.25, 0.3) is 0 Å². The molecule has 0 radical (unpaired) electrons. The van der Waals surface area contributed by atoms with E-state index in [1.54, 1.807) is 6.07 Å². The summed E-state index contributed by atoms with van der Waals surface area (Å²) >= 11 is 0. The summed E-state index contributed by atoms with van der Waals surface area (Å²) in [6.07, 6.45) is 2.24. The van der Waals surface area contributed by atoms with E-state index in [2.05, 4.69) is 32.6 Å². The number of carbonyl (C=O) groups excluding carboxylic acids is 1. The average Bonchev–Trinajstić information content (AvgIpc) is 2.39. The molecule has 21 heavy (non-hydrogen) atoms. The summed E-state index contributed by atoms with van der Waals surface area (Å²) in [4.78, 5) is 13.8. The van der Waals surface area contributed by atoms with Crippen LogP contribution < -0.4 is 16.4 Å². The van der Waals surface area contributed by atoms with Gasteiger partial charge in [-0.25, -0.2) is 0 Å². The van der Waals surface area contributed by atoms with Gasteiger partial charge in [0.25, 0.3) is 5.91 Å². The monoisotopic (exact) mass is 291 g/mol. The maximum atomic E-state index is 11.5. The molecule has 118 valence electrons. The van der Waals surface area contributed by atoms with E-state index in [9.17, 15) is 4.79 Å². The SMILES string of the molecule is CC(C)CCN(CCC(C)C)c1ccc(N)c(C(N)=O)c1. The zero-order valence-electron chi connectivity index (χ0n) is 13.7. The minimum atomic E-state index is -0.470. The number of primary amides is 1. The lowest BCUT2D eigenvalue weighted by Crippen LogP contribution is -2.28. The summed E-state index contributed by atoms with van der Waals surface area (Å²) < 4.78 is 0. The molecular formula is C17H29N3O. The third-order valence-corrected chi connectivity index (χ3v) is 3.62. The fourth-order valence-corrected chi connectivity index (χ4v) is 2.15. The lowest BCUT2D eigenvalue weighted by Gasteiger charge is -2.27. The molecule has 0 bridgehead atoms. The van der Waals surface area contributed by atoms with E-state index >= 15 is 0 Å². The quantitative estimate of drug-likeness (QED) is 0.722. The third-order valence-electron chi connectivity index (χ3n) is 3.62. The molecule has 4 nitrogen and oxygen atoms in total. The Labute approximate surface area is 128 Å². The molecule has 0 atom stereocenters. The van der Waals surface area contributed by atoms with Crippen LogP contribution in [0.1, 0.15) is 50.9 Å². The van der Waals surface area contributed by atoms with E-state index in [1.807, 2.05) is 12.1 Å². The highest BCUT2D eigenvalue weighted by atomic mass is 16.1. The van der Waals surface area contributed by atoms with Crippen molar-refractivity contribution >= 4 is 17.3 Å². The summed E-state index contributed by atoms with van der Waals surface area (Å²) in [5.41, 5.74) is 13.1. The van der Waals surface area contributed by atoms with Crippen LogP contribution in [0.2, 0.25) is 0 Å². The molecule has 1 aromatic rings. The Kier molecular flexibility index (Phi) is 6.53. The van der Waals surface area contributed by atoms with E-state index in [-0.39, 0.29) is 0 Å². The zero-order valence-corrected chi connectivity index (χ0v) is 13.7. The number of rotatable bonds is 8. The number of anilines is 2. The van der Waals surface area contributed by atoms with Crippen LogP contribution in [-0.2, 0) is 0 Å². The van der Waals surface area contributed by atoms with Crippen molar-refractivity contribution in [1.82, 2.24) is 0 Å². The molecule has 0 aromatic heterocycles. The minimum absolute atomic E-state index is 0.409. The first-order valence-corrected chi connectivity index (χ1v) is 7.75. The molecule has 0 aliphatic heterocycles. The predicted octanol–water partition coefficient (Wildman–Crippen LogP) is 3.27. The maximum Gasteiger partial charge on any atom is 0.250 e. The molecule has 1 aromatic carbocycles. The van der Waals surface area contributed by atoms with Crippen molar-refractivity contribution in [3.8, 4) is 0 Å². The van der Waals surface area contributed by atoms with Crippen LogP contribution in [0, 0.1) is 11.8 Å². The van der Waals surface area contributed by atoms with Crippen molar-refractivity contribution in [2.24, 2.45) is 17.6 Å². The van der Waals surface area contributed by atoms with Crippen LogP contribution in [-0.4, -0.2) is 19.0 Å². The number of carbonyl (C=O) groups is 1. The first-order chi connectivity index (χ1) is 9.81. The molecule has 0 fully saturated rings. The van der Waals surface area contributed by atoms with Gasteiger partial charge in [0.1, 0.15) is 0 Å². The number of hydrogen-bond donors (Lipinski definition) is 2. The third kappa shape index (κ3) is 5.66. The predicted molar refractivity (Wildman–Crippen MR) is 90.5 cm³/mol. The number of amides is 1. The number of nitrogens with zero attached hydrogens (tertiary/aromatic N) is 1. The zero-order chi connectivity index (χ0) is 16.0. The second-order valence-corrected chi connectivity index (χ2v) is 6.49. The summed E-state index contributed by atoms with van der Waals surface area (Å²) in [5, 5.41) is 0. The van der Waals surface area contributed by atoms with Crippen LogP contribution in [0.5, 0.6) is 0 Å². The van der Waals surface area contributed by atoms with Gasteiger partial charge in [0, 0.05) is 24.5 Å². The van der Waals surface area contributed by atoms with E-state index in [4.69, 9.17) is 11.5 Å². The molecule has 0 aliphatic rings. The van der Waals surface area contributed by atoms with E-state index in [0.717, 1.165) is 31.6 Å². The molecule has 0 spiro atoms. The Hall–Kier alpha value is -1.71. The van der Waals surface area contributed by atoms with Gasteiger partial charge >= 0.3 is 0 Å². The van der Waals surface area contributed by atoms with Crippen LogP contribution in [0.15, 0.2) is 18.2 Å². The van der Waals surface area contributed by atoms with E-state index in [0.29, 0.717) is 23.1 Å². The van der Waals surface area contributed by atoms with Gasteiger partial charge in [-0.1, -0.05) is 27.7 Å².